The number of hydrogen-bond acceptors (Lipinski definition) is 4. The zero-order valence-electron chi connectivity index (χ0n) is 15.3. The Kier molecular flexibility index (Phi) is 5.84. The summed E-state index contributed by atoms with van der Waals surface area (Å²) in [7, 11) is -3.60. The van der Waals surface area contributed by atoms with Crippen molar-refractivity contribution in [2.45, 2.75) is 32.7 Å². The van der Waals surface area contributed by atoms with Crippen molar-refractivity contribution in [2.75, 3.05) is 32.8 Å². The van der Waals surface area contributed by atoms with Crippen molar-refractivity contribution in [2.24, 2.45) is 5.92 Å². The van der Waals surface area contributed by atoms with Crippen LogP contribution in [0.3, 0.4) is 0 Å². The first-order chi connectivity index (χ1) is 12.4. The average molecular weight is 381 g/mol. The molecule has 1 amide bonds. The fourth-order valence-corrected chi connectivity index (χ4v) is 4.64. The van der Waals surface area contributed by atoms with Crippen molar-refractivity contribution < 1.29 is 17.9 Å². The van der Waals surface area contributed by atoms with Crippen molar-refractivity contribution in [3.63, 3.8) is 0 Å². The molecule has 2 aliphatic rings. The van der Waals surface area contributed by atoms with Gasteiger partial charge in [-0.1, -0.05) is 29.8 Å². The van der Waals surface area contributed by atoms with Crippen molar-refractivity contribution in [1.29, 1.82) is 0 Å². The Morgan fingerprint density at radius 1 is 1.19 bits per heavy atom. The van der Waals surface area contributed by atoms with Gasteiger partial charge in [0.15, 0.2) is 0 Å². The van der Waals surface area contributed by atoms with Crippen LogP contribution in [0.1, 0.15) is 36.9 Å². The first kappa shape index (κ1) is 19.1. The Labute approximate surface area is 155 Å². The lowest BCUT2D eigenvalue weighted by molar-refractivity contribution is 0.0931. The summed E-state index contributed by atoms with van der Waals surface area (Å²) in [6, 6.07) is 7.83. The topological polar surface area (TPSA) is 79.0 Å². The maximum Gasteiger partial charge on any atom is 0.409 e. The second-order valence-corrected chi connectivity index (χ2v) is 8.64. The van der Waals surface area contributed by atoms with E-state index in [9.17, 15) is 13.2 Å². The smallest absolute Gasteiger partial charge is 0.409 e. The molecule has 26 heavy (non-hydrogen) atoms. The molecule has 0 spiro atoms. The van der Waals surface area contributed by atoms with Crippen LogP contribution in [0.4, 0.5) is 4.79 Å². The van der Waals surface area contributed by atoms with Crippen LogP contribution >= 0.6 is 0 Å². The molecule has 1 saturated heterocycles. The predicted octanol–water partition coefficient (Wildman–Crippen LogP) is 2.05. The Morgan fingerprint density at radius 3 is 2.35 bits per heavy atom. The van der Waals surface area contributed by atoms with E-state index in [-0.39, 0.29) is 25.2 Å². The number of nitrogens with zero attached hydrogens (tertiary/aromatic N) is 2. The van der Waals surface area contributed by atoms with E-state index >= 15 is 0 Å². The minimum Gasteiger partial charge on any atom is -0.450 e. The van der Waals surface area contributed by atoms with E-state index in [2.05, 4.69) is 4.72 Å². The highest BCUT2D eigenvalue weighted by Crippen LogP contribution is 2.41. The first-order valence-electron chi connectivity index (χ1n) is 9.16. The molecule has 1 aromatic carbocycles. The average Bonchev–Trinajstić information content (AvgIpc) is 3.46. The molecule has 8 heteroatoms. The molecular weight excluding hydrogens is 354 g/mol. The van der Waals surface area contributed by atoms with Gasteiger partial charge in [-0.15, -0.1) is 0 Å². The Balaban J connectivity index is 1.64. The Morgan fingerprint density at radius 2 is 1.81 bits per heavy atom. The summed E-state index contributed by atoms with van der Waals surface area (Å²) in [5, 5.41) is 0. The second-order valence-electron chi connectivity index (χ2n) is 6.93. The largest absolute Gasteiger partial charge is 0.450 e. The fraction of sp³-hybridized carbons (Fsp3) is 0.611. The van der Waals surface area contributed by atoms with Crippen molar-refractivity contribution in [3.8, 4) is 0 Å². The van der Waals surface area contributed by atoms with E-state index < -0.39 is 10.2 Å². The molecule has 1 saturated carbocycles. The lowest BCUT2D eigenvalue weighted by atomic mass is 10.0. The highest BCUT2D eigenvalue weighted by atomic mass is 32.2. The number of amides is 1. The molecule has 1 N–H and O–H groups in total. The maximum absolute atomic E-state index is 12.9. The monoisotopic (exact) mass is 381 g/mol. The van der Waals surface area contributed by atoms with Crippen LogP contribution in [-0.4, -0.2) is 56.5 Å². The molecule has 7 nitrogen and oxygen atoms in total. The van der Waals surface area contributed by atoms with Crippen LogP contribution in [0.25, 0.3) is 0 Å². The zero-order chi connectivity index (χ0) is 18.7. The van der Waals surface area contributed by atoms with E-state index in [4.69, 9.17) is 4.74 Å². The van der Waals surface area contributed by atoms with Gasteiger partial charge in [-0.05, 0) is 38.2 Å². The first-order valence-corrected chi connectivity index (χ1v) is 10.6. The zero-order valence-corrected chi connectivity index (χ0v) is 16.2. The Hall–Kier alpha value is -1.64. The van der Waals surface area contributed by atoms with Crippen LogP contribution < -0.4 is 4.72 Å². The van der Waals surface area contributed by atoms with E-state index in [1.54, 1.807) is 11.8 Å². The highest BCUT2D eigenvalue weighted by molar-refractivity contribution is 7.87. The quantitative estimate of drug-likeness (QED) is 0.818. The van der Waals surface area contributed by atoms with Crippen LogP contribution in [0.15, 0.2) is 24.3 Å². The van der Waals surface area contributed by atoms with Gasteiger partial charge in [-0.2, -0.15) is 17.4 Å². The molecule has 1 aliphatic carbocycles. The molecule has 1 unspecified atom stereocenters. The number of nitrogens with one attached hydrogen (secondary N) is 1. The van der Waals surface area contributed by atoms with Crippen LogP contribution in [0.2, 0.25) is 0 Å². The number of carbonyl (C=O) groups excluding carboxylic acids is 1. The van der Waals surface area contributed by atoms with Gasteiger partial charge in [0.2, 0.25) is 0 Å². The SMILES string of the molecule is CCOC(=O)N1CCN(S(=O)(=O)NC(c2ccc(C)cc2)C2CC2)CC1. The van der Waals surface area contributed by atoms with Gasteiger partial charge in [0.1, 0.15) is 0 Å². The molecular formula is C18H27N3O4S. The summed E-state index contributed by atoms with van der Waals surface area (Å²) in [6.45, 7) is 5.34. The van der Waals surface area contributed by atoms with Crippen molar-refractivity contribution >= 4 is 16.3 Å². The van der Waals surface area contributed by atoms with Gasteiger partial charge in [-0.25, -0.2) is 4.79 Å². The van der Waals surface area contributed by atoms with E-state index in [1.807, 2.05) is 31.2 Å². The third kappa shape index (κ3) is 4.55. The number of hydrogen-bond donors (Lipinski definition) is 1. The number of piperazine rings is 1. The molecule has 1 aromatic rings. The van der Waals surface area contributed by atoms with E-state index in [0.29, 0.717) is 25.6 Å². The predicted molar refractivity (Wildman–Crippen MR) is 98.9 cm³/mol. The van der Waals surface area contributed by atoms with Crippen molar-refractivity contribution in [1.82, 2.24) is 13.9 Å². The number of aryl methyl sites for hydroxylation is 1. The Bertz CT molecular complexity index is 723. The molecule has 1 heterocycles. The number of carbonyl (C=O) groups is 1. The summed E-state index contributed by atoms with van der Waals surface area (Å²) in [6.07, 6.45) is 1.70. The molecule has 1 aliphatic heterocycles. The standard InChI is InChI=1S/C18H27N3O4S/c1-3-25-18(22)20-10-12-21(13-11-20)26(23,24)19-17(16-8-9-16)15-6-4-14(2)5-7-15/h4-7,16-17,19H,3,8-13H2,1-2H3. The third-order valence-corrected chi connectivity index (χ3v) is 6.51. The van der Waals surface area contributed by atoms with Gasteiger partial charge in [-0.3, -0.25) is 0 Å². The second kappa shape index (κ2) is 7.94. The summed E-state index contributed by atoms with van der Waals surface area (Å²) >= 11 is 0. The number of benzene rings is 1. The lowest BCUT2D eigenvalue weighted by Gasteiger charge is -2.34. The minimum absolute atomic E-state index is 0.191. The van der Waals surface area contributed by atoms with Crippen LogP contribution in [0, 0.1) is 12.8 Å². The lowest BCUT2D eigenvalue weighted by Crippen LogP contribution is -2.53. The highest BCUT2D eigenvalue weighted by Gasteiger charge is 2.37. The van der Waals surface area contributed by atoms with Crippen molar-refractivity contribution in [3.05, 3.63) is 35.4 Å². The fourth-order valence-electron chi connectivity index (χ4n) is 3.20. The van der Waals surface area contributed by atoms with E-state index in [0.717, 1.165) is 24.0 Å². The molecule has 0 bridgehead atoms. The summed E-state index contributed by atoms with van der Waals surface area (Å²) in [5.74, 6) is 0.355. The van der Waals surface area contributed by atoms with Gasteiger partial charge < -0.3 is 9.64 Å². The van der Waals surface area contributed by atoms with Gasteiger partial charge >= 0.3 is 6.09 Å². The van der Waals surface area contributed by atoms with Gasteiger partial charge in [0.05, 0.1) is 12.6 Å². The number of rotatable bonds is 6. The molecule has 0 radical (unpaired) electrons. The minimum atomic E-state index is -3.60. The third-order valence-electron chi connectivity index (χ3n) is 4.91. The molecule has 1 atom stereocenters. The summed E-state index contributed by atoms with van der Waals surface area (Å²) < 4.78 is 35.0. The van der Waals surface area contributed by atoms with Crippen LogP contribution in [-0.2, 0) is 14.9 Å². The van der Waals surface area contributed by atoms with Crippen LogP contribution in [0.5, 0.6) is 0 Å². The summed E-state index contributed by atoms with van der Waals surface area (Å²) in [4.78, 5) is 13.3. The van der Waals surface area contributed by atoms with E-state index in [1.165, 1.54) is 4.31 Å². The molecule has 3 rings (SSSR count). The molecule has 2 fully saturated rings. The molecule has 0 aromatic heterocycles. The van der Waals surface area contributed by atoms with Gasteiger partial charge in [0.25, 0.3) is 10.2 Å². The summed E-state index contributed by atoms with van der Waals surface area (Å²) in [5.41, 5.74) is 2.16. The normalized spacial score (nSPS) is 20.0. The molecule has 144 valence electrons. The number of ether oxygens (including phenoxy) is 1. The van der Waals surface area contributed by atoms with Gasteiger partial charge in [0, 0.05) is 26.2 Å². The maximum atomic E-state index is 12.9.